The van der Waals surface area contributed by atoms with Crippen molar-refractivity contribution in [2.75, 3.05) is 31.7 Å². The summed E-state index contributed by atoms with van der Waals surface area (Å²) in [5.74, 6) is -0.109. The minimum Gasteiger partial charge on any atom is -0.375 e. The Morgan fingerprint density at radius 2 is 1.48 bits per heavy atom. The molecule has 0 radical (unpaired) electrons. The largest absolute Gasteiger partial charge is 0.375 e. The van der Waals surface area contributed by atoms with Crippen LogP contribution in [0.5, 0.6) is 0 Å². The van der Waals surface area contributed by atoms with E-state index in [4.69, 9.17) is 4.74 Å². The molecule has 1 heterocycles. The predicted octanol–water partition coefficient (Wildman–Crippen LogP) is 4.21. The van der Waals surface area contributed by atoms with Gasteiger partial charge in [-0.3, -0.25) is 4.79 Å². The molecular weight excluding hydrogens is 412 g/mol. The maximum absolute atomic E-state index is 13.4. The fourth-order valence-electron chi connectivity index (χ4n) is 3.97. The average molecular weight is 445 g/mol. The van der Waals surface area contributed by atoms with Crippen molar-refractivity contribution >= 4 is 21.6 Å². The van der Waals surface area contributed by atoms with Crippen LogP contribution in [0.15, 0.2) is 59.5 Å². The van der Waals surface area contributed by atoms with E-state index in [-0.39, 0.29) is 19.1 Å². The van der Waals surface area contributed by atoms with Gasteiger partial charge in [-0.15, -0.1) is 0 Å². The van der Waals surface area contributed by atoms with Gasteiger partial charge in [0.1, 0.15) is 6.61 Å². The number of carbonyl (C=O) groups is 1. The first-order valence-electron chi connectivity index (χ1n) is 11.0. The van der Waals surface area contributed by atoms with Crippen molar-refractivity contribution in [1.82, 2.24) is 4.31 Å². The summed E-state index contributed by atoms with van der Waals surface area (Å²) in [5.41, 5.74) is 1.59. The molecule has 0 aromatic heterocycles. The zero-order chi connectivity index (χ0) is 22.1. The minimum atomic E-state index is -3.65. The predicted molar refractivity (Wildman–Crippen MR) is 122 cm³/mol. The van der Waals surface area contributed by atoms with Crippen molar-refractivity contribution in [3.63, 3.8) is 0 Å². The molecule has 1 amide bonds. The lowest BCUT2D eigenvalue weighted by molar-refractivity contribution is -0.122. The van der Waals surface area contributed by atoms with Gasteiger partial charge in [0.05, 0.1) is 4.90 Å². The second kappa shape index (κ2) is 11.4. The number of methoxy groups -OCH3 is 1. The summed E-state index contributed by atoms with van der Waals surface area (Å²) >= 11 is 0. The smallest absolute Gasteiger partial charge is 0.252 e. The summed E-state index contributed by atoms with van der Waals surface area (Å²) < 4.78 is 33.5. The number of ether oxygens (including phenoxy) is 1. The highest BCUT2D eigenvalue weighted by Gasteiger charge is 2.27. The van der Waals surface area contributed by atoms with Gasteiger partial charge in [0.25, 0.3) is 5.91 Å². The van der Waals surface area contributed by atoms with Crippen LogP contribution in [-0.2, 0) is 26.1 Å². The summed E-state index contributed by atoms with van der Waals surface area (Å²) in [7, 11) is -2.13. The number of rotatable bonds is 4. The molecule has 0 aliphatic carbocycles. The Morgan fingerprint density at radius 3 is 2.19 bits per heavy atom. The number of para-hydroxylation sites is 1. The molecule has 0 saturated carbocycles. The number of amides is 1. The molecule has 2 aromatic rings. The summed E-state index contributed by atoms with van der Waals surface area (Å²) in [4.78, 5) is 14.9. The zero-order valence-corrected chi connectivity index (χ0v) is 19.0. The van der Waals surface area contributed by atoms with E-state index in [1.807, 2.05) is 30.3 Å². The van der Waals surface area contributed by atoms with Gasteiger partial charge in [-0.25, -0.2) is 8.42 Å². The highest BCUT2D eigenvalue weighted by molar-refractivity contribution is 7.89. The molecular formula is C24H32N2O4S. The van der Waals surface area contributed by atoms with Gasteiger partial charge in [0.2, 0.25) is 10.0 Å². The number of hydrogen-bond donors (Lipinski definition) is 0. The Morgan fingerprint density at radius 1 is 0.871 bits per heavy atom. The van der Waals surface area contributed by atoms with Crippen molar-refractivity contribution in [3.8, 4) is 0 Å². The molecule has 168 valence electrons. The number of anilines is 1. The van der Waals surface area contributed by atoms with Gasteiger partial charge in [-0.2, -0.15) is 4.31 Å². The van der Waals surface area contributed by atoms with E-state index < -0.39 is 10.0 Å². The van der Waals surface area contributed by atoms with Crippen LogP contribution in [0.1, 0.15) is 44.1 Å². The molecule has 0 bridgehead atoms. The van der Waals surface area contributed by atoms with Crippen molar-refractivity contribution in [1.29, 1.82) is 0 Å². The second-order valence-corrected chi connectivity index (χ2v) is 9.82. The van der Waals surface area contributed by atoms with Crippen LogP contribution in [0.3, 0.4) is 0 Å². The number of sulfonamides is 1. The molecule has 31 heavy (non-hydrogen) atoms. The summed E-state index contributed by atoms with van der Waals surface area (Å²) in [5, 5.41) is 0. The average Bonchev–Trinajstić information content (AvgIpc) is 2.80. The van der Waals surface area contributed by atoms with E-state index in [0.717, 1.165) is 49.8 Å². The minimum absolute atomic E-state index is 0.000360. The van der Waals surface area contributed by atoms with E-state index in [1.165, 1.54) is 7.11 Å². The molecule has 0 unspecified atom stereocenters. The molecule has 0 atom stereocenters. The fraction of sp³-hybridized carbons (Fsp3) is 0.458. The SMILES string of the molecule is COCC(=O)N1CCCCCCCCN(S(=O)(=O)c2ccccc2)Cc2ccccc21. The topological polar surface area (TPSA) is 66.9 Å². The van der Waals surface area contributed by atoms with Crippen molar-refractivity contribution in [3.05, 3.63) is 60.2 Å². The van der Waals surface area contributed by atoms with Gasteiger partial charge in [-0.1, -0.05) is 62.1 Å². The molecule has 0 N–H and O–H groups in total. The number of hydrogen-bond acceptors (Lipinski definition) is 4. The maximum Gasteiger partial charge on any atom is 0.252 e. The molecule has 6 nitrogen and oxygen atoms in total. The summed E-state index contributed by atoms with van der Waals surface area (Å²) in [6.45, 7) is 1.28. The zero-order valence-electron chi connectivity index (χ0n) is 18.2. The van der Waals surface area contributed by atoms with Crippen LogP contribution in [-0.4, -0.2) is 45.4 Å². The standard InChI is InChI=1S/C24H32N2O4S/c1-30-20-24(27)26-18-12-5-3-2-4-11-17-25(19-21-13-9-10-16-23(21)26)31(28,29)22-14-7-6-8-15-22/h6-10,13-16H,2-5,11-12,17-20H2,1H3. The van der Waals surface area contributed by atoms with Crippen LogP contribution in [0, 0.1) is 0 Å². The number of fused-ring (bicyclic) bond motifs is 1. The highest BCUT2D eigenvalue weighted by Crippen LogP contribution is 2.27. The molecule has 0 saturated heterocycles. The van der Waals surface area contributed by atoms with E-state index in [9.17, 15) is 13.2 Å². The van der Waals surface area contributed by atoms with Gasteiger partial charge >= 0.3 is 0 Å². The van der Waals surface area contributed by atoms with Gasteiger partial charge in [0.15, 0.2) is 0 Å². The number of benzene rings is 2. The van der Waals surface area contributed by atoms with Crippen LogP contribution in [0.4, 0.5) is 5.69 Å². The second-order valence-electron chi connectivity index (χ2n) is 7.88. The fourth-order valence-corrected chi connectivity index (χ4v) is 5.45. The van der Waals surface area contributed by atoms with E-state index in [1.54, 1.807) is 33.5 Å². The van der Waals surface area contributed by atoms with Crippen LogP contribution in [0.25, 0.3) is 0 Å². The van der Waals surface area contributed by atoms with Gasteiger partial charge < -0.3 is 9.64 Å². The number of nitrogens with zero attached hydrogens (tertiary/aromatic N) is 2. The van der Waals surface area contributed by atoms with E-state index >= 15 is 0 Å². The third-order valence-electron chi connectivity index (χ3n) is 5.62. The van der Waals surface area contributed by atoms with Crippen LogP contribution < -0.4 is 4.90 Å². The van der Waals surface area contributed by atoms with Crippen molar-refractivity contribution < 1.29 is 17.9 Å². The first kappa shape index (κ1) is 23.4. The van der Waals surface area contributed by atoms with E-state index in [0.29, 0.717) is 18.0 Å². The lowest BCUT2D eigenvalue weighted by atomic mass is 10.1. The number of carbonyl (C=O) groups excluding carboxylic acids is 1. The molecule has 0 spiro atoms. The first-order valence-corrected chi connectivity index (χ1v) is 12.4. The molecule has 3 rings (SSSR count). The molecule has 7 heteroatoms. The van der Waals surface area contributed by atoms with Crippen LogP contribution in [0.2, 0.25) is 0 Å². The van der Waals surface area contributed by atoms with Gasteiger partial charge in [-0.05, 0) is 36.6 Å². The molecule has 1 aliphatic rings. The lowest BCUT2D eigenvalue weighted by Crippen LogP contribution is -2.37. The molecule has 0 fully saturated rings. The Hall–Kier alpha value is -2.22. The van der Waals surface area contributed by atoms with Crippen LogP contribution >= 0.6 is 0 Å². The molecule has 1 aliphatic heterocycles. The van der Waals surface area contributed by atoms with Crippen molar-refractivity contribution in [2.24, 2.45) is 0 Å². The third-order valence-corrected chi connectivity index (χ3v) is 7.48. The Kier molecular flexibility index (Phi) is 8.63. The quantitative estimate of drug-likeness (QED) is 0.708. The van der Waals surface area contributed by atoms with E-state index in [2.05, 4.69) is 0 Å². The van der Waals surface area contributed by atoms with Crippen molar-refractivity contribution in [2.45, 2.75) is 50.0 Å². The molecule has 2 aromatic carbocycles. The van der Waals surface area contributed by atoms with Gasteiger partial charge in [0, 0.05) is 32.4 Å². The highest BCUT2D eigenvalue weighted by atomic mass is 32.2. The maximum atomic E-state index is 13.4. The summed E-state index contributed by atoms with van der Waals surface area (Å²) in [6.07, 6.45) is 5.92. The third kappa shape index (κ3) is 6.15. The summed E-state index contributed by atoms with van der Waals surface area (Å²) in [6, 6.07) is 16.2. The Labute approximate surface area is 185 Å². The first-order chi connectivity index (χ1) is 15.0. The monoisotopic (exact) mass is 444 g/mol. The normalized spacial score (nSPS) is 17.1. The Bertz CT molecular complexity index is 947. The Balaban J connectivity index is 1.99. The lowest BCUT2D eigenvalue weighted by Gasteiger charge is -2.28.